The lowest BCUT2D eigenvalue weighted by molar-refractivity contribution is 0.627. The van der Waals surface area contributed by atoms with Crippen LogP contribution in [0.1, 0.15) is 34.4 Å². The summed E-state index contributed by atoms with van der Waals surface area (Å²) >= 11 is 3.71. The molecule has 0 fully saturated rings. The Kier molecular flexibility index (Phi) is 2.51. The molecule has 3 atom stereocenters. The average Bonchev–Trinajstić information content (AvgIpc) is 2.66. The van der Waals surface area contributed by atoms with Crippen molar-refractivity contribution in [3.05, 3.63) is 59.2 Å². The Labute approximate surface area is 105 Å². The number of hydrogen-bond acceptors (Lipinski definition) is 0. The van der Waals surface area contributed by atoms with Gasteiger partial charge in [0.2, 0.25) is 0 Å². The summed E-state index contributed by atoms with van der Waals surface area (Å²) in [5.74, 6) is 1.29. The molecule has 2 aliphatic carbocycles. The molecule has 2 aliphatic rings. The highest BCUT2D eigenvalue weighted by Crippen LogP contribution is 2.45. The molecule has 3 unspecified atom stereocenters. The van der Waals surface area contributed by atoms with Gasteiger partial charge in [-0.1, -0.05) is 58.4 Å². The molecule has 0 aliphatic heterocycles. The first-order valence-electron chi connectivity index (χ1n) is 5.88. The van der Waals surface area contributed by atoms with Gasteiger partial charge in [-0.25, -0.2) is 0 Å². The monoisotopic (exact) mass is 274 g/mol. The number of rotatable bonds is 1. The highest BCUT2D eigenvalue weighted by molar-refractivity contribution is 9.09. The fraction of sp³-hybridized carbons (Fsp3) is 0.333. The maximum Gasteiger partial charge on any atom is 0.0370 e. The highest BCUT2D eigenvalue weighted by Gasteiger charge is 2.32. The fourth-order valence-corrected chi connectivity index (χ4v) is 3.38. The lowest BCUT2D eigenvalue weighted by Crippen LogP contribution is -2.06. The summed E-state index contributed by atoms with van der Waals surface area (Å²) in [7, 11) is 0. The Morgan fingerprint density at radius 3 is 2.88 bits per heavy atom. The summed E-state index contributed by atoms with van der Waals surface area (Å²) in [4.78, 5) is 0.445. The molecule has 3 rings (SSSR count). The van der Waals surface area contributed by atoms with Gasteiger partial charge in [0.15, 0.2) is 0 Å². The van der Waals surface area contributed by atoms with Crippen molar-refractivity contribution in [2.24, 2.45) is 5.92 Å². The predicted molar refractivity (Wildman–Crippen MR) is 72.0 cm³/mol. The second-order valence-corrected chi connectivity index (χ2v) is 6.07. The normalized spacial score (nSPS) is 27.6. The molecule has 0 nitrogen and oxygen atoms in total. The Morgan fingerprint density at radius 1 is 1.25 bits per heavy atom. The zero-order valence-electron chi connectivity index (χ0n) is 9.36. The number of hydrogen-bond donors (Lipinski definition) is 0. The van der Waals surface area contributed by atoms with Crippen LogP contribution in [-0.2, 0) is 6.42 Å². The molecule has 0 N–H and O–H groups in total. The third kappa shape index (κ3) is 1.49. The third-order valence-electron chi connectivity index (χ3n) is 3.70. The maximum atomic E-state index is 3.71. The standard InChI is InChI=1S/C15H15Br/c1-10(16)13-8-4-6-12-9-11-5-2-3-7-14(11)15(12)13/h2-8,10-11,14H,9H2,1H3. The number of halogens is 1. The minimum absolute atomic E-state index is 0.445. The molecule has 0 spiro atoms. The van der Waals surface area contributed by atoms with Gasteiger partial charge in [-0.2, -0.15) is 0 Å². The van der Waals surface area contributed by atoms with Crippen LogP contribution < -0.4 is 0 Å². The number of benzene rings is 1. The van der Waals surface area contributed by atoms with E-state index in [2.05, 4.69) is 65.4 Å². The summed E-state index contributed by atoms with van der Waals surface area (Å²) in [5.41, 5.74) is 4.57. The topological polar surface area (TPSA) is 0 Å². The van der Waals surface area contributed by atoms with E-state index < -0.39 is 0 Å². The van der Waals surface area contributed by atoms with Gasteiger partial charge in [0.1, 0.15) is 0 Å². The van der Waals surface area contributed by atoms with Gasteiger partial charge in [0, 0.05) is 10.7 Å². The molecular weight excluding hydrogens is 260 g/mol. The molecule has 0 amide bonds. The number of allylic oxidation sites excluding steroid dienone is 4. The van der Waals surface area contributed by atoms with Gasteiger partial charge in [-0.15, -0.1) is 0 Å². The van der Waals surface area contributed by atoms with Crippen LogP contribution in [0.2, 0.25) is 0 Å². The Balaban J connectivity index is 2.14. The van der Waals surface area contributed by atoms with E-state index in [4.69, 9.17) is 0 Å². The Hall–Kier alpha value is -0.820. The molecule has 0 aromatic heterocycles. The van der Waals surface area contributed by atoms with Gasteiger partial charge in [0.25, 0.3) is 0 Å². The molecule has 0 heterocycles. The molecule has 0 saturated carbocycles. The van der Waals surface area contributed by atoms with Crippen LogP contribution in [0, 0.1) is 5.92 Å². The highest BCUT2D eigenvalue weighted by atomic mass is 79.9. The largest absolute Gasteiger partial charge is 0.0842 e. The van der Waals surface area contributed by atoms with Crippen molar-refractivity contribution < 1.29 is 0 Å². The van der Waals surface area contributed by atoms with E-state index in [0.29, 0.717) is 16.7 Å². The Morgan fingerprint density at radius 2 is 2.06 bits per heavy atom. The summed E-state index contributed by atoms with van der Waals surface area (Å²) in [6, 6.07) is 6.73. The number of alkyl halides is 1. The van der Waals surface area contributed by atoms with Crippen molar-refractivity contribution in [2.45, 2.75) is 24.1 Å². The van der Waals surface area contributed by atoms with Crippen molar-refractivity contribution in [1.82, 2.24) is 0 Å². The molecule has 82 valence electrons. The maximum absolute atomic E-state index is 3.71. The predicted octanol–water partition coefficient (Wildman–Crippen LogP) is 4.52. The second-order valence-electron chi connectivity index (χ2n) is 4.70. The van der Waals surface area contributed by atoms with Crippen LogP contribution in [0.25, 0.3) is 0 Å². The van der Waals surface area contributed by atoms with Crippen LogP contribution in [0.5, 0.6) is 0 Å². The lowest BCUT2D eigenvalue weighted by Gasteiger charge is -2.19. The van der Waals surface area contributed by atoms with E-state index in [0.717, 1.165) is 0 Å². The molecular formula is C15H15Br. The van der Waals surface area contributed by atoms with Crippen LogP contribution in [0.4, 0.5) is 0 Å². The fourth-order valence-electron chi connectivity index (χ4n) is 2.98. The van der Waals surface area contributed by atoms with Crippen LogP contribution in [0.3, 0.4) is 0 Å². The molecule has 0 radical (unpaired) electrons. The summed E-state index contributed by atoms with van der Waals surface area (Å²) < 4.78 is 0. The van der Waals surface area contributed by atoms with Crippen molar-refractivity contribution in [2.75, 3.05) is 0 Å². The van der Waals surface area contributed by atoms with Gasteiger partial charge in [-0.05, 0) is 36.0 Å². The first-order chi connectivity index (χ1) is 7.77. The first kappa shape index (κ1) is 10.3. The van der Waals surface area contributed by atoms with Crippen molar-refractivity contribution in [1.29, 1.82) is 0 Å². The van der Waals surface area contributed by atoms with E-state index in [1.54, 1.807) is 5.56 Å². The van der Waals surface area contributed by atoms with E-state index in [9.17, 15) is 0 Å². The molecule has 16 heavy (non-hydrogen) atoms. The SMILES string of the molecule is CC(Br)c1cccc2c1C1C=CC=CC1C2. The summed E-state index contributed by atoms with van der Waals surface area (Å²) in [6.07, 6.45) is 10.3. The summed E-state index contributed by atoms with van der Waals surface area (Å²) in [5, 5.41) is 0. The molecule has 1 aromatic rings. The van der Waals surface area contributed by atoms with E-state index >= 15 is 0 Å². The smallest absolute Gasteiger partial charge is 0.0370 e. The molecule has 1 heteroatoms. The van der Waals surface area contributed by atoms with Crippen LogP contribution in [0.15, 0.2) is 42.5 Å². The zero-order valence-corrected chi connectivity index (χ0v) is 10.9. The van der Waals surface area contributed by atoms with Crippen LogP contribution in [-0.4, -0.2) is 0 Å². The molecule has 0 bridgehead atoms. The van der Waals surface area contributed by atoms with E-state index in [1.165, 1.54) is 17.5 Å². The average molecular weight is 275 g/mol. The minimum atomic E-state index is 0.445. The lowest BCUT2D eigenvalue weighted by atomic mass is 9.86. The number of fused-ring (bicyclic) bond motifs is 3. The molecule has 1 aromatic carbocycles. The first-order valence-corrected chi connectivity index (χ1v) is 6.79. The summed E-state index contributed by atoms with van der Waals surface area (Å²) in [6.45, 7) is 2.21. The third-order valence-corrected chi connectivity index (χ3v) is 4.19. The second kappa shape index (κ2) is 3.89. The van der Waals surface area contributed by atoms with Gasteiger partial charge < -0.3 is 0 Å². The van der Waals surface area contributed by atoms with Gasteiger partial charge >= 0.3 is 0 Å². The quantitative estimate of drug-likeness (QED) is 0.661. The zero-order chi connectivity index (χ0) is 11.1. The van der Waals surface area contributed by atoms with E-state index in [-0.39, 0.29) is 0 Å². The minimum Gasteiger partial charge on any atom is -0.0842 e. The van der Waals surface area contributed by atoms with E-state index in [1.807, 2.05) is 0 Å². The Bertz CT molecular complexity index is 468. The molecule has 0 saturated heterocycles. The van der Waals surface area contributed by atoms with Gasteiger partial charge in [-0.3, -0.25) is 0 Å². The van der Waals surface area contributed by atoms with Crippen molar-refractivity contribution in [3.8, 4) is 0 Å². The van der Waals surface area contributed by atoms with Crippen LogP contribution >= 0.6 is 15.9 Å². The van der Waals surface area contributed by atoms with Crippen molar-refractivity contribution in [3.63, 3.8) is 0 Å². The van der Waals surface area contributed by atoms with Gasteiger partial charge in [0.05, 0.1) is 0 Å². The van der Waals surface area contributed by atoms with Crippen molar-refractivity contribution >= 4 is 15.9 Å².